The van der Waals surface area contributed by atoms with E-state index in [4.69, 9.17) is 5.53 Å². The smallest absolute Gasteiger partial charge is 0.435 e. The van der Waals surface area contributed by atoms with E-state index in [2.05, 4.69) is 19.3 Å². The van der Waals surface area contributed by atoms with Crippen molar-refractivity contribution in [2.75, 3.05) is 13.2 Å². The quantitative estimate of drug-likeness (QED) is 0.168. The number of hydrogen-bond acceptors (Lipinski definition) is 5. The lowest BCUT2D eigenvalue weighted by Gasteiger charge is -2.17. The second kappa shape index (κ2) is 8.48. The molecule has 0 rings (SSSR count). The molecular weight excluding hydrogens is 252 g/mol. The third-order valence-electron chi connectivity index (χ3n) is 1.74. The van der Waals surface area contributed by atoms with Gasteiger partial charge in [0.15, 0.2) is 0 Å². The molecule has 0 aliphatic carbocycles. The number of azide groups is 1. The van der Waals surface area contributed by atoms with Crippen LogP contribution in [0.15, 0.2) is 5.11 Å². The highest BCUT2D eigenvalue weighted by Gasteiger charge is 2.30. The van der Waals surface area contributed by atoms with E-state index in [1.165, 1.54) is 6.92 Å². The van der Waals surface area contributed by atoms with E-state index in [-0.39, 0.29) is 19.6 Å². The van der Waals surface area contributed by atoms with Gasteiger partial charge in [0, 0.05) is 10.0 Å². The molecule has 0 N–H and O–H groups in total. The molecule has 1 atom stereocenters. The van der Waals surface area contributed by atoms with Gasteiger partial charge < -0.3 is 14.2 Å². The lowest BCUT2D eigenvalue weighted by molar-refractivity contribution is -0.255. The monoisotopic (exact) mass is 267 g/mol. The molecule has 0 bridgehead atoms. The Kier molecular flexibility index (Phi) is 7.73. The van der Waals surface area contributed by atoms with E-state index >= 15 is 0 Å². The van der Waals surface area contributed by atoms with Crippen molar-refractivity contribution in [2.24, 2.45) is 5.11 Å². The van der Waals surface area contributed by atoms with E-state index in [1.54, 1.807) is 6.92 Å². The van der Waals surface area contributed by atoms with Crippen molar-refractivity contribution in [1.82, 2.24) is 0 Å². The lowest BCUT2D eigenvalue weighted by Crippen LogP contribution is -2.24. The van der Waals surface area contributed by atoms with Crippen molar-refractivity contribution >= 4 is 6.16 Å². The molecule has 104 valence electrons. The largest absolute Gasteiger partial charge is 0.508 e. The number of ether oxygens (including phenoxy) is 3. The summed E-state index contributed by atoms with van der Waals surface area (Å²) in [6.07, 6.45) is -4.96. The highest BCUT2D eigenvalue weighted by Crippen LogP contribution is 2.21. The van der Waals surface area contributed by atoms with Gasteiger partial charge >= 0.3 is 12.4 Å². The predicted molar refractivity (Wildman–Crippen MR) is 56.8 cm³/mol. The first-order valence-corrected chi connectivity index (χ1v) is 5.32. The second-order valence-electron chi connectivity index (χ2n) is 3.28. The molecule has 0 radical (unpaired) electrons. The molecule has 7 nitrogen and oxygen atoms in total. The zero-order chi connectivity index (χ0) is 14.0. The first kappa shape index (κ1) is 16.4. The van der Waals surface area contributed by atoms with Gasteiger partial charge in [-0.3, -0.25) is 0 Å². The van der Waals surface area contributed by atoms with Crippen LogP contribution in [0.5, 0.6) is 0 Å². The molecule has 0 aliphatic heterocycles. The van der Waals surface area contributed by atoms with Crippen LogP contribution >= 0.6 is 0 Å². The number of carbonyl (C=O) groups is 1. The van der Waals surface area contributed by atoms with Gasteiger partial charge in [0.25, 0.3) is 0 Å². The summed E-state index contributed by atoms with van der Waals surface area (Å²) in [5.74, 6) is 0. The second-order valence-corrected chi connectivity index (χ2v) is 3.28. The van der Waals surface area contributed by atoms with Crippen LogP contribution < -0.4 is 0 Å². The average molecular weight is 267 g/mol. The minimum absolute atomic E-state index is 0.0413. The minimum Gasteiger partial charge on any atom is -0.435 e. The van der Waals surface area contributed by atoms with Crippen LogP contribution in [-0.2, 0) is 14.2 Å². The van der Waals surface area contributed by atoms with Gasteiger partial charge in [-0.25, -0.2) is 4.79 Å². The highest BCUT2D eigenvalue weighted by atomic mass is 19.3. The summed E-state index contributed by atoms with van der Waals surface area (Å²) in [6, 6.07) is 0. The van der Waals surface area contributed by atoms with Crippen molar-refractivity contribution in [3.05, 3.63) is 10.4 Å². The minimum atomic E-state index is -3.86. The molecule has 0 saturated carbocycles. The third kappa shape index (κ3) is 8.54. The molecule has 0 aromatic carbocycles. The van der Waals surface area contributed by atoms with Gasteiger partial charge in [0.05, 0.1) is 19.3 Å². The van der Waals surface area contributed by atoms with Gasteiger partial charge in [-0.05, 0) is 32.2 Å². The van der Waals surface area contributed by atoms with Crippen molar-refractivity contribution in [3.8, 4) is 0 Å². The third-order valence-corrected chi connectivity index (χ3v) is 1.74. The van der Waals surface area contributed by atoms with E-state index in [0.717, 1.165) is 0 Å². The summed E-state index contributed by atoms with van der Waals surface area (Å²) in [4.78, 5) is 12.7. The standard InChI is InChI=1S/C9H15F2N3O4/c1-3-16-8(15)17-6-4-5-7(2)18-9(10,11)13-14-12/h7H,3-6H2,1-2H3. The zero-order valence-corrected chi connectivity index (χ0v) is 10.1. The zero-order valence-electron chi connectivity index (χ0n) is 10.1. The Morgan fingerprint density at radius 2 is 2.17 bits per heavy atom. The number of rotatable bonds is 8. The summed E-state index contributed by atoms with van der Waals surface area (Å²) in [5, 5.41) is 2.20. The number of alkyl halides is 2. The fourth-order valence-corrected chi connectivity index (χ4v) is 1.06. The fourth-order valence-electron chi connectivity index (χ4n) is 1.06. The van der Waals surface area contributed by atoms with E-state index in [1.807, 2.05) is 4.91 Å². The summed E-state index contributed by atoms with van der Waals surface area (Å²) >= 11 is 0. The van der Waals surface area contributed by atoms with E-state index in [9.17, 15) is 13.6 Å². The van der Waals surface area contributed by atoms with Crippen molar-refractivity contribution < 1.29 is 27.8 Å². The van der Waals surface area contributed by atoms with Crippen LogP contribution in [0.3, 0.4) is 0 Å². The number of hydrogen-bond donors (Lipinski definition) is 0. The van der Waals surface area contributed by atoms with Crippen molar-refractivity contribution in [3.63, 3.8) is 0 Å². The molecule has 9 heteroatoms. The Hall–Kier alpha value is -1.60. The van der Waals surface area contributed by atoms with Crippen molar-refractivity contribution in [1.29, 1.82) is 0 Å². The molecule has 0 amide bonds. The molecule has 0 aromatic rings. The maximum absolute atomic E-state index is 12.7. The van der Waals surface area contributed by atoms with Gasteiger partial charge in [-0.1, -0.05) is 0 Å². The highest BCUT2D eigenvalue weighted by molar-refractivity contribution is 5.59. The van der Waals surface area contributed by atoms with Crippen LogP contribution in [0.4, 0.5) is 13.6 Å². The van der Waals surface area contributed by atoms with Gasteiger partial charge in [-0.2, -0.15) is 8.78 Å². The Balaban J connectivity index is 3.74. The molecule has 18 heavy (non-hydrogen) atoms. The molecular formula is C9H15F2N3O4. The van der Waals surface area contributed by atoms with Crippen LogP contribution in [0.25, 0.3) is 10.4 Å². The summed E-state index contributed by atoms with van der Waals surface area (Å²) < 4.78 is 38.7. The maximum Gasteiger partial charge on any atom is 0.508 e. The van der Waals surface area contributed by atoms with Gasteiger partial charge in [0.2, 0.25) is 0 Å². The first-order valence-electron chi connectivity index (χ1n) is 5.32. The molecule has 0 spiro atoms. The first-order chi connectivity index (χ1) is 8.41. The maximum atomic E-state index is 12.7. The molecule has 0 saturated heterocycles. The number of carbonyl (C=O) groups excluding carboxylic acids is 1. The average Bonchev–Trinajstić information content (AvgIpc) is 2.24. The van der Waals surface area contributed by atoms with Crippen LogP contribution in [0.2, 0.25) is 0 Å². The number of nitrogens with zero attached hydrogens (tertiary/aromatic N) is 3. The Morgan fingerprint density at radius 3 is 2.72 bits per heavy atom. The fraction of sp³-hybridized carbons (Fsp3) is 0.889. The predicted octanol–water partition coefficient (Wildman–Crippen LogP) is 3.21. The molecule has 0 fully saturated rings. The topological polar surface area (TPSA) is 93.5 Å². The summed E-state index contributed by atoms with van der Waals surface area (Å²) in [6.45, 7) is 3.27. The van der Waals surface area contributed by atoms with E-state index < -0.39 is 18.5 Å². The van der Waals surface area contributed by atoms with Gasteiger partial charge in [0.1, 0.15) is 0 Å². The summed E-state index contributed by atoms with van der Waals surface area (Å²) in [5.41, 5.74) is 7.87. The lowest BCUT2D eigenvalue weighted by atomic mass is 10.2. The Morgan fingerprint density at radius 1 is 1.50 bits per heavy atom. The molecule has 0 heterocycles. The van der Waals surface area contributed by atoms with Crippen LogP contribution in [0.1, 0.15) is 26.7 Å². The van der Waals surface area contributed by atoms with Crippen LogP contribution in [-0.4, -0.2) is 31.7 Å². The SMILES string of the molecule is CCOC(=O)OCCCC(C)OC(F)(F)N=[N+]=[N-]. The van der Waals surface area contributed by atoms with Crippen LogP contribution in [0, 0.1) is 0 Å². The summed E-state index contributed by atoms with van der Waals surface area (Å²) in [7, 11) is 0. The molecule has 0 aliphatic rings. The normalized spacial score (nSPS) is 12.4. The van der Waals surface area contributed by atoms with E-state index in [0.29, 0.717) is 6.42 Å². The van der Waals surface area contributed by atoms with Crippen molar-refractivity contribution in [2.45, 2.75) is 39.0 Å². The molecule has 1 unspecified atom stereocenters. The Bertz CT molecular complexity index is 308. The van der Waals surface area contributed by atoms with Gasteiger partial charge in [-0.15, -0.1) is 0 Å². The Labute approximate surface area is 103 Å². The number of halogens is 2. The molecule has 0 aromatic heterocycles.